The molecular formula is C15H22N2O3S. The molecule has 0 saturated heterocycles. The van der Waals surface area contributed by atoms with Gasteiger partial charge in [0, 0.05) is 17.5 Å². The first-order valence-electron chi connectivity index (χ1n) is 7.40. The molecular weight excluding hydrogens is 288 g/mol. The van der Waals surface area contributed by atoms with Gasteiger partial charge in [0.25, 0.3) is 0 Å². The largest absolute Gasteiger partial charge is 0.481 e. The summed E-state index contributed by atoms with van der Waals surface area (Å²) in [5.74, 6) is -0.959. The van der Waals surface area contributed by atoms with Crippen LogP contribution in [0.1, 0.15) is 37.5 Å². The second-order valence-electron chi connectivity index (χ2n) is 5.43. The topological polar surface area (TPSA) is 69.6 Å². The Balaban J connectivity index is 1.81. The third-order valence-electron chi connectivity index (χ3n) is 4.00. The van der Waals surface area contributed by atoms with Crippen molar-refractivity contribution in [2.24, 2.45) is 5.92 Å². The number of carboxylic acid groups (broad SMARTS) is 1. The summed E-state index contributed by atoms with van der Waals surface area (Å²) in [4.78, 5) is 26.2. The molecule has 2 N–H and O–H groups in total. The number of aliphatic carboxylic acids is 1. The lowest BCUT2D eigenvalue weighted by atomic mass is 9.86. The van der Waals surface area contributed by atoms with Gasteiger partial charge in [-0.25, -0.2) is 4.79 Å². The van der Waals surface area contributed by atoms with E-state index < -0.39 is 5.97 Å². The van der Waals surface area contributed by atoms with Crippen molar-refractivity contribution >= 4 is 23.3 Å². The first-order chi connectivity index (χ1) is 10.1. The normalized spacial score (nSPS) is 21.8. The molecule has 5 nitrogen and oxygen atoms in total. The number of thiophene rings is 1. The van der Waals surface area contributed by atoms with Gasteiger partial charge in [0.2, 0.25) is 0 Å². The van der Waals surface area contributed by atoms with E-state index in [2.05, 4.69) is 5.32 Å². The fourth-order valence-electron chi connectivity index (χ4n) is 2.67. The molecule has 0 aromatic carbocycles. The van der Waals surface area contributed by atoms with E-state index in [9.17, 15) is 9.59 Å². The molecule has 0 bridgehead atoms. The molecule has 1 fully saturated rings. The highest BCUT2D eigenvalue weighted by Crippen LogP contribution is 2.24. The van der Waals surface area contributed by atoms with Gasteiger partial charge < -0.3 is 15.3 Å². The minimum absolute atomic E-state index is 0.0512. The highest BCUT2D eigenvalue weighted by Gasteiger charge is 2.27. The van der Waals surface area contributed by atoms with Crippen molar-refractivity contribution in [2.45, 2.75) is 45.2 Å². The van der Waals surface area contributed by atoms with Gasteiger partial charge in [0.1, 0.15) is 0 Å². The van der Waals surface area contributed by atoms with Crippen molar-refractivity contribution in [3.05, 3.63) is 22.4 Å². The summed E-state index contributed by atoms with van der Waals surface area (Å²) in [6.45, 7) is 3.26. The van der Waals surface area contributed by atoms with Crippen molar-refractivity contribution in [1.82, 2.24) is 10.2 Å². The van der Waals surface area contributed by atoms with E-state index in [4.69, 9.17) is 5.11 Å². The van der Waals surface area contributed by atoms with Crippen molar-refractivity contribution in [1.29, 1.82) is 0 Å². The van der Waals surface area contributed by atoms with Crippen LogP contribution >= 0.6 is 11.3 Å². The number of carbonyl (C=O) groups excluding carboxylic acids is 1. The number of carboxylic acids is 1. The summed E-state index contributed by atoms with van der Waals surface area (Å²) in [6, 6.07) is 4.06. The van der Waals surface area contributed by atoms with Gasteiger partial charge >= 0.3 is 12.0 Å². The molecule has 2 amide bonds. The van der Waals surface area contributed by atoms with Crippen molar-refractivity contribution in [3.8, 4) is 0 Å². The Morgan fingerprint density at radius 1 is 1.38 bits per heavy atom. The second-order valence-corrected chi connectivity index (χ2v) is 6.46. The Labute approximate surface area is 129 Å². The molecule has 1 aromatic rings. The summed E-state index contributed by atoms with van der Waals surface area (Å²) in [7, 11) is 0. The van der Waals surface area contributed by atoms with E-state index in [1.54, 1.807) is 16.2 Å². The molecule has 2 rings (SSSR count). The zero-order chi connectivity index (χ0) is 15.2. The van der Waals surface area contributed by atoms with Crippen LogP contribution in [0.15, 0.2) is 17.5 Å². The van der Waals surface area contributed by atoms with E-state index in [1.165, 1.54) is 4.88 Å². The fourth-order valence-corrected chi connectivity index (χ4v) is 3.39. The van der Waals surface area contributed by atoms with Crippen LogP contribution in [0.3, 0.4) is 0 Å². The maximum absolute atomic E-state index is 12.3. The first kappa shape index (κ1) is 15.8. The van der Waals surface area contributed by atoms with Crippen molar-refractivity contribution in [2.75, 3.05) is 6.54 Å². The average molecular weight is 310 g/mol. The maximum atomic E-state index is 12.3. The second kappa shape index (κ2) is 7.45. The molecule has 1 aliphatic carbocycles. The van der Waals surface area contributed by atoms with Crippen LogP contribution in [0.2, 0.25) is 0 Å². The van der Waals surface area contributed by atoms with Gasteiger partial charge in [-0.15, -0.1) is 11.3 Å². The predicted octanol–water partition coefficient (Wildman–Crippen LogP) is 2.92. The molecule has 0 aliphatic heterocycles. The van der Waals surface area contributed by atoms with E-state index in [0.717, 1.165) is 12.8 Å². The zero-order valence-corrected chi connectivity index (χ0v) is 13.1. The molecule has 1 heterocycles. The monoisotopic (exact) mass is 310 g/mol. The molecule has 0 spiro atoms. The number of urea groups is 1. The lowest BCUT2D eigenvalue weighted by molar-refractivity contribution is -0.142. The Hall–Kier alpha value is -1.56. The molecule has 21 heavy (non-hydrogen) atoms. The van der Waals surface area contributed by atoms with Crippen LogP contribution in [0.4, 0.5) is 4.79 Å². The van der Waals surface area contributed by atoms with Crippen LogP contribution in [0, 0.1) is 5.92 Å². The number of nitrogens with zero attached hydrogens (tertiary/aromatic N) is 1. The standard InChI is InChI=1S/C15H22N2O3S/c1-2-17(10-13-4-3-9-21-13)15(20)16-12-7-5-11(6-8-12)14(18)19/h3-4,9,11-12H,2,5-8,10H2,1H3,(H,16,20)(H,18,19). The van der Waals surface area contributed by atoms with Crippen molar-refractivity contribution < 1.29 is 14.7 Å². The Bertz CT molecular complexity index is 467. The van der Waals surface area contributed by atoms with Gasteiger partial charge in [-0.3, -0.25) is 4.79 Å². The van der Waals surface area contributed by atoms with Gasteiger partial charge in [0.15, 0.2) is 0 Å². The van der Waals surface area contributed by atoms with E-state index >= 15 is 0 Å². The molecule has 1 aliphatic rings. The number of amides is 2. The van der Waals surface area contributed by atoms with Crippen LogP contribution in [-0.2, 0) is 11.3 Å². The number of rotatable bonds is 5. The molecule has 1 aromatic heterocycles. The SMILES string of the molecule is CCN(Cc1cccs1)C(=O)NC1CCC(C(=O)O)CC1. The lowest BCUT2D eigenvalue weighted by Gasteiger charge is -2.29. The van der Waals surface area contributed by atoms with Gasteiger partial charge in [-0.1, -0.05) is 6.07 Å². The zero-order valence-electron chi connectivity index (χ0n) is 12.2. The van der Waals surface area contributed by atoms with Gasteiger partial charge in [-0.05, 0) is 44.1 Å². The Morgan fingerprint density at radius 3 is 2.62 bits per heavy atom. The smallest absolute Gasteiger partial charge is 0.317 e. The highest BCUT2D eigenvalue weighted by molar-refractivity contribution is 7.09. The number of hydrogen-bond acceptors (Lipinski definition) is 3. The Morgan fingerprint density at radius 2 is 2.10 bits per heavy atom. The lowest BCUT2D eigenvalue weighted by Crippen LogP contribution is -2.46. The number of nitrogens with one attached hydrogen (secondary N) is 1. The summed E-state index contributed by atoms with van der Waals surface area (Å²) < 4.78 is 0. The quantitative estimate of drug-likeness (QED) is 0.878. The molecule has 1 saturated carbocycles. The first-order valence-corrected chi connectivity index (χ1v) is 8.28. The summed E-state index contributed by atoms with van der Waals surface area (Å²) in [5, 5.41) is 14.0. The fraction of sp³-hybridized carbons (Fsp3) is 0.600. The summed E-state index contributed by atoms with van der Waals surface area (Å²) in [6.07, 6.45) is 2.80. The van der Waals surface area contributed by atoms with Crippen molar-refractivity contribution in [3.63, 3.8) is 0 Å². The average Bonchev–Trinajstić information content (AvgIpc) is 2.98. The number of hydrogen-bond donors (Lipinski definition) is 2. The molecule has 116 valence electrons. The molecule has 6 heteroatoms. The van der Waals surface area contributed by atoms with Crippen LogP contribution in [0.25, 0.3) is 0 Å². The van der Waals surface area contributed by atoms with Gasteiger partial charge in [-0.2, -0.15) is 0 Å². The maximum Gasteiger partial charge on any atom is 0.317 e. The van der Waals surface area contributed by atoms with E-state index in [-0.39, 0.29) is 18.0 Å². The molecule has 0 radical (unpaired) electrons. The van der Waals surface area contributed by atoms with E-state index in [1.807, 2.05) is 24.4 Å². The molecule has 0 unspecified atom stereocenters. The van der Waals surface area contributed by atoms with E-state index in [0.29, 0.717) is 25.9 Å². The van der Waals surface area contributed by atoms with Crippen LogP contribution in [-0.4, -0.2) is 34.6 Å². The van der Waals surface area contributed by atoms with Crippen LogP contribution in [0.5, 0.6) is 0 Å². The van der Waals surface area contributed by atoms with Crippen LogP contribution < -0.4 is 5.32 Å². The predicted molar refractivity (Wildman–Crippen MR) is 82.3 cm³/mol. The minimum atomic E-state index is -0.715. The third-order valence-corrected chi connectivity index (χ3v) is 4.86. The van der Waals surface area contributed by atoms with Gasteiger partial charge in [0.05, 0.1) is 12.5 Å². The molecule has 0 atom stereocenters. The Kier molecular flexibility index (Phi) is 5.61. The summed E-state index contributed by atoms with van der Waals surface area (Å²) in [5.41, 5.74) is 0. The minimum Gasteiger partial charge on any atom is -0.481 e. The third kappa shape index (κ3) is 4.46. The number of carbonyl (C=O) groups is 2. The highest BCUT2D eigenvalue weighted by atomic mass is 32.1. The summed E-state index contributed by atoms with van der Waals surface area (Å²) >= 11 is 1.65.